The molecular weight excluding hydrogens is 247 g/mol. The summed E-state index contributed by atoms with van der Waals surface area (Å²) in [6.07, 6.45) is -1.52. The van der Waals surface area contributed by atoms with Crippen molar-refractivity contribution in [2.75, 3.05) is 0 Å². The highest BCUT2D eigenvalue weighted by Crippen LogP contribution is 2.25. The third kappa shape index (κ3) is 2.80. The minimum absolute atomic E-state index is 0.292. The van der Waals surface area contributed by atoms with Gasteiger partial charge < -0.3 is 10.2 Å². The van der Waals surface area contributed by atoms with Gasteiger partial charge in [0.15, 0.2) is 6.10 Å². The molecule has 0 heterocycles. The molecule has 2 rings (SSSR count). The summed E-state index contributed by atoms with van der Waals surface area (Å²) in [6.45, 7) is 1.80. The summed E-state index contributed by atoms with van der Waals surface area (Å²) in [4.78, 5) is 10.7. The van der Waals surface area contributed by atoms with Crippen molar-refractivity contribution in [1.29, 1.82) is 0 Å². The van der Waals surface area contributed by atoms with Crippen LogP contribution >= 0.6 is 0 Å². The Hall–Kier alpha value is -2.20. The third-order valence-electron chi connectivity index (χ3n) is 2.96. The molecule has 0 fully saturated rings. The summed E-state index contributed by atoms with van der Waals surface area (Å²) in [5, 5.41) is 18.1. The Morgan fingerprint density at radius 3 is 2.32 bits per heavy atom. The van der Waals surface area contributed by atoms with Gasteiger partial charge >= 0.3 is 5.97 Å². The number of benzene rings is 2. The number of halogens is 1. The maximum absolute atomic E-state index is 13.0. The Kier molecular flexibility index (Phi) is 3.62. The molecule has 0 aliphatic rings. The van der Waals surface area contributed by atoms with E-state index in [-0.39, 0.29) is 5.82 Å². The molecule has 3 nitrogen and oxygen atoms in total. The van der Waals surface area contributed by atoms with E-state index in [4.69, 9.17) is 5.11 Å². The van der Waals surface area contributed by atoms with Crippen molar-refractivity contribution >= 4 is 5.97 Å². The Morgan fingerprint density at radius 1 is 1.16 bits per heavy atom. The van der Waals surface area contributed by atoms with Crippen LogP contribution in [0.25, 0.3) is 11.1 Å². The number of aliphatic hydroxyl groups is 1. The molecule has 0 radical (unpaired) electrons. The lowest BCUT2D eigenvalue weighted by molar-refractivity contribution is -0.146. The van der Waals surface area contributed by atoms with Gasteiger partial charge in [0.25, 0.3) is 0 Å². The number of carbonyl (C=O) groups is 1. The predicted octanol–water partition coefficient (Wildman–Crippen LogP) is 2.92. The van der Waals surface area contributed by atoms with E-state index in [0.29, 0.717) is 5.56 Å². The second-order valence-corrected chi connectivity index (χ2v) is 4.32. The first kappa shape index (κ1) is 13.2. The average molecular weight is 260 g/mol. The second-order valence-electron chi connectivity index (χ2n) is 4.32. The molecule has 2 aromatic carbocycles. The van der Waals surface area contributed by atoms with Gasteiger partial charge in [-0.1, -0.05) is 30.3 Å². The Balaban J connectivity index is 2.35. The maximum atomic E-state index is 13.0. The minimum atomic E-state index is -1.52. The standard InChI is InChI=1S/C15H13FO3/c1-9-8-12(16)6-7-13(9)10-2-4-11(5-3-10)14(17)15(18)19/h2-8,14,17H,1H3,(H,18,19). The molecule has 2 N–H and O–H groups in total. The van der Waals surface area contributed by atoms with Crippen LogP contribution in [0.3, 0.4) is 0 Å². The molecular formula is C15H13FO3. The van der Waals surface area contributed by atoms with Crippen LogP contribution in [-0.2, 0) is 4.79 Å². The molecule has 98 valence electrons. The monoisotopic (exact) mass is 260 g/mol. The zero-order valence-corrected chi connectivity index (χ0v) is 10.3. The molecule has 0 aromatic heterocycles. The molecule has 1 unspecified atom stereocenters. The van der Waals surface area contributed by atoms with Gasteiger partial charge in [-0.25, -0.2) is 9.18 Å². The summed E-state index contributed by atoms with van der Waals surface area (Å²) < 4.78 is 13.0. The van der Waals surface area contributed by atoms with Crippen molar-refractivity contribution in [2.24, 2.45) is 0 Å². The summed E-state index contributed by atoms with van der Waals surface area (Å²) in [5.74, 6) is -1.58. The van der Waals surface area contributed by atoms with E-state index in [2.05, 4.69) is 0 Å². The quantitative estimate of drug-likeness (QED) is 0.892. The van der Waals surface area contributed by atoms with E-state index in [1.807, 2.05) is 0 Å². The van der Waals surface area contributed by atoms with E-state index in [1.165, 1.54) is 12.1 Å². The first-order valence-electron chi connectivity index (χ1n) is 5.76. The van der Waals surface area contributed by atoms with Crippen LogP contribution in [0.15, 0.2) is 42.5 Å². The van der Waals surface area contributed by atoms with Gasteiger partial charge in [-0.2, -0.15) is 0 Å². The Labute approximate surface area is 109 Å². The Morgan fingerprint density at radius 2 is 1.79 bits per heavy atom. The molecule has 0 aliphatic heterocycles. The van der Waals surface area contributed by atoms with Gasteiger partial charge in [-0.15, -0.1) is 0 Å². The van der Waals surface area contributed by atoms with Gasteiger partial charge in [-0.3, -0.25) is 0 Å². The highest BCUT2D eigenvalue weighted by atomic mass is 19.1. The summed E-state index contributed by atoms with van der Waals surface area (Å²) >= 11 is 0. The fourth-order valence-electron chi connectivity index (χ4n) is 1.94. The van der Waals surface area contributed by atoms with Crippen molar-refractivity contribution in [2.45, 2.75) is 13.0 Å². The van der Waals surface area contributed by atoms with Crippen molar-refractivity contribution < 1.29 is 19.4 Å². The zero-order chi connectivity index (χ0) is 14.0. The van der Waals surface area contributed by atoms with Gasteiger partial charge in [0, 0.05) is 0 Å². The van der Waals surface area contributed by atoms with Crippen LogP contribution in [0.4, 0.5) is 4.39 Å². The van der Waals surface area contributed by atoms with Crippen molar-refractivity contribution in [3.8, 4) is 11.1 Å². The number of hydrogen-bond donors (Lipinski definition) is 2. The van der Waals surface area contributed by atoms with Crippen LogP contribution < -0.4 is 0 Å². The van der Waals surface area contributed by atoms with Crippen molar-refractivity contribution in [1.82, 2.24) is 0 Å². The summed E-state index contributed by atoms with van der Waals surface area (Å²) in [6, 6.07) is 11.0. The first-order valence-corrected chi connectivity index (χ1v) is 5.76. The summed E-state index contributed by atoms with van der Waals surface area (Å²) in [7, 11) is 0. The normalized spacial score (nSPS) is 12.2. The third-order valence-corrected chi connectivity index (χ3v) is 2.96. The van der Waals surface area contributed by atoms with Crippen molar-refractivity contribution in [3.63, 3.8) is 0 Å². The van der Waals surface area contributed by atoms with E-state index in [9.17, 15) is 14.3 Å². The molecule has 0 amide bonds. The first-order chi connectivity index (χ1) is 8.99. The van der Waals surface area contributed by atoms with Crippen LogP contribution in [0.2, 0.25) is 0 Å². The Bertz CT molecular complexity index is 605. The van der Waals surface area contributed by atoms with Crippen molar-refractivity contribution in [3.05, 3.63) is 59.4 Å². The van der Waals surface area contributed by atoms with Gasteiger partial charge in [0.05, 0.1) is 0 Å². The van der Waals surface area contributed by atoms with Crippen LogP contribution in [0, 0.1) is 12.7 Å². The molecule has 4 heteroatoms. The van der Waals surface area contributed by atoms with Gasteiger partial charge in [-0.05, 0) is 41.3 Å². The maximum Gasteiger partial charge on any atom is 0.337 e. The number of aliphatic carboxylic acids is 1. The molecule has 2 aromatic rings. The highest BCUT2D eigenvalue weighted by Gasteiger charge is 2.15. The molecule has 1 atom stereocenters. The van der Waals surface area contributed by atoms with Crippen LogP contribution in [0.5, 0.6) is 0 Å². The molecule has 0 saturated carbocycles. The lowest BCUT2D eigenvalue weighted by atomic mass is 9.98. The number of hydrogen-bond acceptors (Lipinski definition) is 2. The lowest BCUT2D eigenvalue weighted by Gasteiger charge is -2.09. The molecule has 0 saturated heterocycles. The molecule has 0 bridgehead atoms. The zero-order valence-electron chi connectivity index (χ0n) is 10.3. The second kappa shape index (κ2) is 5.20. The number of aryl methyl sites for hydroxylation is 1. The van der Waals surface area contributed by atoms with Crippen LogP contribution in [-0.4, -0.2) is 16.2 Å². The minimum Gasteiger partial charge on any atom is -0.479 e. The SMILES string of the molecule is Cc1cc(F)ccc1-c1ccc(C(O)C(=O)O)cc1. The number of carboxylic acids is 1. The highest BCUT2D eigenvalue weighted by molar-refractivity contribution is 5.75. The largest absolute Gasteiger partial charge is 0.479 e. The fourth-order valence-corrected chi connectivity index (χ4v) is 1.94. The van der Waals surface area contributed by atoms with Gasteiger partial charge in [0.1, 0.15) is 5.82 Å². The summed E-state index contributed by atoms with van der Waals surface area (Å²) in [5.41, 5.74) is 2.83. The molecule has 19 heavy (non-hydrogen) atoms. The van der Waals surface area contributed by atoms with E-state index >= 15 is 0 Å². The molecule has 0 spiro atoms. The smallest absolute Gasteiger partial charge is 0.337 e. The lowest BCUT2D eigenvalue weighted by Crippen LogP contribution is -2.10. The van der Waals surface area contributed by atoms with E-state index < -0.39 is 12.1 Å². The van der Waals surface area contributed by atoms with Gasteiger partial charge in [0.2, 0.25) is 0 Å². The molecule has 0 aliphatic carbocycles. The topological polar surface area (TPSA) is 57.5 Å². The predicted molar refractivity (Wildman–Crippen MR) is 69.2 cm³/mol. The van der Waals surface area contributed by atoms with E-state index in [0.717, 1.165) is 16.7 Å². The fraction of sp³-hybridized carbons (Fsp3) is 0.133. The number of carboxylic acid groups (broad SMARTS) is 1. The number of aliphatic hydroxyl groups excluding tert-OH is 1. The number of rotatable bonds is 3. The van der Waals surface area contributed by atoms with E-state index in [1.54, 1.807) is 37.3 Å². The van der Waals surface area contributed by atoms with Crippen LogP contribution in [0.1, 0.15) is 17.2 Å². The average Bonchev–Trinajstić information content (AvgIpc) is 2.38.